The average Bonchev–Trinajstić information content (AvgIpc) is 2.90. The molecule has 11 heteroatoms. The van der Waals surface area contributed by atoms with Crippen LogP contribution in [0.15, 0.2) is 72.8 Å². The first-order valence-corrected chi connectivity index (χ1v) is 14.5. The van der Waals surface area contributed by atoms with Gasteiger partial charge in [-0.1, -0.05) is 61.0 Å². The third-order valence-electron chi connectivity index (χ3n) is 5.96. The van der Waals surface area contributed by atoms with E-state index in [1.54, 1.807) is 24.3 Å². The average molecular weight is 578 g/mol. The fourth-order valence-corrected chi connectivity index (χ4v) is 4.93. The number of carbonyl (C=O) groups is 2. The second-order valence-corrected chi connectivity index (χ2v) is 11.4. The SMILES string of the molecule is CCCNC(=O)[C@@H](Cc1ccccc1)N(Cc1ccc(Cl)cc1)C(=O)CN(c1ccc(F)c(F)c1)S(C)(=O)=O. The molecule has 0 fully saturated rings. The van der Waals surface area contributed by atoms with Crippen molar-refractivity contribution in [3.05, 3.63) is 101 Å². The summed E-state index contributed by atoms with van der Waals surface area (Å²) < 4.78 is 53.6. The van der Waals surface area contributed by atoms with E-state index in [1.165, 1.54) is 4.90 Å². The third-order valence-corrected chi connectivity index (χ3v) is 7.35. The zero-order chi connectivity index (χ0) is 28.6. The van der Waals surface area contributed by atoms with Gasteiger partial charge in [-0.3, -0.25) is 13.9 Å². The van der Waals surface area contributed by atoms with Crippen LogP contribution in [-0.4, -0.2) is 50.5 Å². The Morgan fingerprint density at radius 2 is 1.62 bits per heavy atom. The standard InChI is InChI=1S/C28H30ClF2N3O4S/c1-3-15-32-28(36)26(16-20-7-5-4-6-8-20)33(18-21-9-11-22(29)12-10-21)27(35)19-34(39(2,37)38)23-13-14-24(30)25(31)17-23/h4-14,17,26H,3,15-16,18-19H2,1-2H3,(H,32,36)/t26-/m1/s1. The van der Waals surface area contributed by atoms with Crippen molar-refractivity contribution in [2.45, 2.75) is 32.4 Å². The number of amides is 2. The van der Waals surface area contributed by atoms with Crippen molar-refractivity contribution in [1.82, 2.24) is 10.2 Å². The van der Waals surface area contributed by atoms with Gasteiger partial charge in [-0.2, -0.15) is 0 Å². The Balaban J connectivity index is 2.04. The van der Waals surface area contributed by atoms with E-state index in [-0.39, 0.29) is 18.7 Å². The predicted octanol–water partition coefficient (Wildman–Crippen LogP) is 4.55. The summed E-state index contributed by atoms with van der Waals surface area (Å²) in [6.07, 6.45) is 1.70. The van der Waals surface area contributed by atoms with Crippen molar-refractivity contribution >= 4 is 39.1 Å². The van der Waals surface area contributed by atoms with Gasteiger partial charge in [-0.25, -0.2) is 17.2 Å². The van der Waals surface area contributed by atoms with Crippen LogP contribution in [0.2, 0.25) is 5.02 Å². The smallest absolute Gasteiger partial charge is 0.244 e. The molecule has 3 aromatic rings. The molecule has 2 amide bonds. The lowest BCUT2D eigenvalue weighted by molar-refractivity contribution is -0.140. The monoisotopic (exact) mass is 577 g/mol. The fraction of sp³-hybridized carbons (Fsp3) is 0.286. The molecule has 208 valence electrons. The molecule has 0 aliphatic carbocycles. The van der Waals surface area contributed by atoms with Gasteiger partial charge in [0.1, 0.15) is 12.6 Å². The fourth-order valence-electron chi connectivity index (χ4n) is 3.96. The van der Waals surface area contributed by atoms with E-state index in [1.807, 2.05) is 37.3 Å². The van der Waals surface area contributed by atoms with Gasteiger partial charge in [-0.15, -0.1) is 0 Å². The Hall–Kier alpha value is -3.50. The van der Waals surface area contributed by atoms with Gasteiger partial charge in [0.2, 0.25) is 21.8 Å². The molecular weight excluding hydrogens is 548 g/mol. The number of nitrogens with one attached hydrogen (secondary N) is 1. The van der Waals surface area contributed by atoms with Crippen LogP contribution < -0.4 is 9.62 Å². The maximum Gasteiger partial charge on any atom is 0.244 e. The summed E-state index contributed by atoms with van der Waals surface area (Å²) in [5, 5.41) is 3.32. The molecule has 0 saturated carbocycles. The number of carbonyl (C=O) groups excluding carboxylic acids is 2. The Bertz CT molecular complexity index is 1390. The van der Waals surface area contributed by atoms with Gasteiger partial charge in [0, 0.05) is 30.6 Å². The number of nitrogens with zero attached hydrogens (tertiary/aromatic N) is 2. The molecule has 1 N–H and O–H groups in total. The molecule has 3 aromatic carbocycles. The van der Waals surface area contributed by atoms with Gasteiger partial charge in [0.25, 0.3) is 0 Å². The van der Waals surface area contributed by atoms with Gasteiger partial charge in [-0.05, 0) is 41.8 Å². The second-order valence-electron chi connectivity index (χ2n) is 9.01. The van der Waals surface area contributed by atoms with Gasteiger partial charge >= 0.3 is 0 Å². The molecule has 0 radical (unpaired) electrons. The Morgan fingerprint density at radius 3 is 2.21 bits per heavy atom. The van der Waals surface area contributed by atoms with Crippen molar-refractivity contribution in [2.75, 3.05) is 23.7 Å². The third kappa shape index (κ3) is 8.49. The lowest BCUT2D eigenvalue weighted by atomic mass is 10.0. The molecule has 7 nitrogen and oxygen atoms in total. The largest absolute Gasteiger partial charge is 0.354 e. The van der Waals surface area contributed by atoms with E-state index in [9.17, 15) is 26.8 Å². The Labute approximate surface area is 232 Å². The van der Waals surface area contributed by atoms with E-state index in [4.69, 9.17) is 11.6 Å². The molecular formula is C28H30ClF2N3O4S. The van der Waals surface area contributed by atoms with Crippen LogP contribution in [0.1, 0.15) is 24.5 Å². The number of sulfonamides is 1. The normalized spacial score (nSPS) is 12.0. The maximum absolute atomic E-state index is 14.0. The van der Waals surface area contributed by atoms with Crippen molar-refractivity contribution < 1.29 is 26.8 Å². The van der Waals surface area contributed by atoms with Crippen LogP contribution in [0.3, 0.4) is 0 Å². The van der Waals surface area contributed by atoms with Crippen LogP contribution >= 0.6 is 11.6 Å². The molecule has 0 aliphatic rings. The summed E-state index contributed by atoms with van der Waals surface area (Å²) >= 11 is 6.02. The van der Waals surface area contributed by atoms with E-state index in [2.05, 4.69) is 5.32 Å². The highest BCUT2D eigenvalue weighted by molar-refractivity contribution is 7.92. The molecule has 0 aliphatic heterocycles. The molecule has 0 bridgehead atoms. The van der Waals surface area contributed by atoms with E-state index < -0.39 is 46.1 Å². The summed E-state index contributed by atoms with van der Waals surface area (Å²) in [5.41, 5.74) is 1.24. The first-order valence-electron chi connectivity index (χ1n) is 12.3. The number of halogens is 3. The number of rotatable bonds is 12. The highest BCUT2D eigenvalue weighted by Crippen LogP contribution is 2.22. The zero-order valence-corrected chi connectivity index (χ0v) is 23.2. The lowest BCUT2D eigenvalue weighted by Gasteiger charge is -2.33. The van der Waals surface area contributed by atoms with E-state index in [0.29, 0.717) is 33.9 Å². The summed E-state index contributed by atoms with van der Waals surface area (Å²) in [7, 11) is -4.09. The van der Waals surface area contributed by atoms with Gasteiger partial charge < -0.3 is 10.2 Å². The first kappa shape index (κ1) is 30.0. The quantitative estimate of drug-likeness (QED) is 0.342. The topological polar surface area (TPSA) is 86.8 Å². The molecule has 0 aromatic heterocycles. The summed E-state index contributed by atoms with van der Waals surface area (Å²) in [6.45, 7) is 1.53. The van der Waals surface area contributed by atoms with Crippen LogP contribution in [0.5, 0.6) is 0 Å². The summed E-state index contributed by atoms with van der Waals surface area (Å²) in [4.78, 5) is 28.5. The molecule has 0 saturated heterocycles. The molecule has 0 heterocycles. The number of anilines is 1. The second kappa shape index (κ2) is 13.5. The minimum Gasteiger partial charge on any atom is -0.354 e. The van der Waals surface area contributed by atoms with Crippen LogP contribution in [0.4, 0.5) is 14.5 Å². The predicted molar refractivity (Wildman–Crippen MR) is 148 cm³/mol. The van der Waals surface area contributed by atoms with Gasteiger partial charge in [0.05, 0.1) is 11.9 Å². The van der Waals surface area contributed by atoms with Crippen LogP contribution in [-0.2, 0) is 32.6 Å². The number of hydrogen-bond acceptors (Lipinski definition) is 4. The Morgan fingerprint density at radius 1 is 0.949 bits per heavy atom. The van der Waals surface area contributed by atoms with Crippen molar-refractivity contribution in [1.29, 1.82) is 0 Å². The molecule has 0 spiro atoms. The summed E-state index contributed by atoms with van der Waals surface area (Å²) in [5.74, 6) is -3.51. The minimum atomic E-state index is -4.09. The summed E-state index contributed by atoms with van der Waals surface area (Å²) in [6, 6.07) is 17.4. The molecule has 1 atom stereocenters. The van der Waals surface area contributed by atoms with Crippen molar-refractivity contribution in [3.8, 4) is 0 Å². The zero-order valence-electron chi connectivity index (χ0n) is 21.6. The van der Waals surface area contributed by atoms with E-state index in [0.717, 1.165) is 24.0 Å². The van der Waals surface area contributed by atoms with E-state index >= 15 is 0 Å². The highest BCUT2D eigenvalue weighted by Gasteiger charge is 2.33. The minimum absolute atomic E-state index is 0.0254. The molecule has 3 rings (SSSR count). The lowest BCUT2D eigenvalue weighted by Crippen LogP contribution is -2.53. The maximum atomic E-state index is 14.0. The van der Waals surface area contributed by atoms with Crippen molar-refractivity contribution in [3.63, 3.8) is 0 Å². The highest BCUT2D eigenvalue weighted by atomic mass is 35.5. The van der Waals surface area contributed by atoms with Crippen LogP contribution in [0.25, 0.3) is 0 Å². The molecule has 39 heavy (non-hydrogen) atoms. The molecule has 0 unspecified atom stereocenters. The van der Waals surface area contributed by atoms with Gasteiger partial charge in [0.15, 0.2) is 11.6 Å². The van der Waals surface area contributed by atoms with Crippen molar-refractivity contribution in [2.24, 2.45) is 0 Å². The number of hydrogen-bond donors (Lipinski definition) is 1. The Kier molecular flexibility index (Phi) is 10.4. The first-order chi connectivity index (χ1) is 18.5. The van der Waals surface area contributed by atoms with Crippen LogP contribution in [0, 0.1) is 11.6 Å². The number of benzene rings is 3.